The van der Waals surface area contributed by atoms with Crippen LogP contribution in [0.2, 0.25) is 0 Å². The second-order valence-electron chi connectivity index (χ2n) is 8.17. The molecule has 0 saturated heterocycles. The number of fused-ring (bicyclic) bond motifs is 1. The molecule has 0 N–H and O–H groups in total. The molecule has 0 radical (unpaired) electrons. The average Bonchev–Trinajstić information content (AvgIpc) is 2.60. The molecule has 25 heavy (non-hydrogen) atoms. The Morgan fingerprint density at radius 3 is 2.24 bits per heavy atom. The molecule has 0 aromatic heterocycles. The van der Waals surface area contributed by atoms with Crippen LogP contribution in [0.4, 0.5) is 0 Å². The number of hydrogen-bond donors (Lipinski definition) is 0. The predicted molar refractivity (Wildman–Crippen MR) is 101 cm³/mol. The zero-order chi connectivity index (χ0) is 18.0. The second kappa shape index (κ2) is 7.07. The number of rotatable bonds is 3. The summed E-state index contributed by atoms with van der Waals surface area (Å²) in [6.45, 7) is 7.01. The monoisotopic (exact) mass is 340 g/mol. The van der Waals surface area contributed by atoms with Gasteiger partial charge in [-0.2, -0.15) is 0 Å². The van der Waals surface area contributed by atoms with Crippen molar-refractivity contribution in [3.63, 3.8) is 0 Å². The quantitative estimate of drug-likeness (QED) is 0.681. The van der Waals surface area contributed by atoms with Gasteiger partial charge in [0.2, 0.25) is 0 Å². The lowest BCUT2D eigenvalue weighted by Crippen LogP contribution is -2.30. The van der Waals surface area contributed by atoms with Crippen molar-refractivity contribution in [3.8, 4) is 5.75 Å². The van der Waals surface area contributed by atoms with Gasteiger partial charge in [0, 0.05) is 0 Å². The molecule has 3 rings (SSSR count). The van der Waals surface area contributed by atoms with Crippen LogP contribution in [0.15, 0.2) is 36.4 Å². The van der Waals surface area contributed by atoms with Gasteiger partial charge in [-0.3, -0.25) is 0 Å². The van der Waals surface area contributed by atoms with Crippen LogP contribution < -0.4 is 4.74 Å². The van der Waals surface area contributed by atoms with E-state index in [0.29, 0.717) is 17.1 Å². The molecule has 3 nitrogen and oxygen atoms in total. The van der Waals surface area contributed by atoms with Gasteiger partial charge in [0.15, 0.2) is 0 Å². The van der Waals surface area contributed by atoms with E-state index in [1.807, 2.05) is 24.3 Å². The number of carbonyl (C=O) groups is 1. The van der Waals surface area contributed by atoms with Crippen LogP contribution in [0.25, 0.3) is 10.8 Å². The molecule has 0 heterocycles. The highest BCUT2D eigenvalue weighted by atomic mass is 16.5. The second-order valence-corrected chi connectivity index (χ2v) is 8.17. The lowest BCUT2D eigenvalue weighted by Gasteiger charge is -2.37. The van der Waals surface area contributed by atoms with Gasteiger partial charge in [0.05, 0.1) is 18.8 Å². The Labute approximate surface area is 150 Å². The normalized spacial score (nSPS) is 21.1. The third kappa shape index (κ3) is 4.15. The predicted octanol–water partition coefficient (Wildman–Crippen LogP) is 5.61. The zero-order valence-electron chi connectivity index (χ0n) is 15.7. The van der Waals surface area contributed by atoms with Gasteiger partial charge in [-0.25, -0.2) is 4.79 Å². The van der Waals surface area contributed by atoms with Gasteiger partial charge < -0.3 is 9.47 Å². The van der Waals surface area contributed by atoms with Crippen molar-refractivity contribution in [2.75, 3.05) is 7.11 Å². The fourth-order valence-electron chi connectivity index (χ4n) is 3.78. The number of esters is 1. The minimum Gasteiger partial charge on any atom is -0.490 e. The molecule has 0 amide bonds. The van der Waals surface area contributed by atoms with Crippen LogP contribution in [-0.4, -0.2) is 19.2 Å². The highest BCUT2D eigenvalue weighted by Crippen LogP contribution is 2.39. The smallest absolute Gasteiger partial charge is 0.337 e. The van der Waals surface area contributed by atoms with Crippen LogP contribution in [-0.2, 0) is 4.74 Å². The Morgan fingerprint density at radius 2 is 1.60 bits per heavy atom. The average molecular weight is 340 g/mol. The maximum atomic E-state index is 11.6. The SMILES string of the molecule is COC(=O)c1ccc2cc(O[C@H]3CC[C@H](C(C)(C)C)CC3)ccc2c1. The van der Waals surface area contributed by atoms with Crippen LogP contribution >= 0.6 is 0 Å². The molecule has 3 heteroatoms. The molecular weight excluding hydrogens is 312 g/mol. The summed E-state index contributed by atoms with van der Waals surface area (Å²) in [5, 5.41) is 2.10. The Hall–Kier alpha value is -2.03. The number of carbonyl (C=O) groups excluding carboxylic acids is 1. The van der Waals surface area contributed by atoms with Gasteiger partial charge in [-0.05, 0) is 72.1 Å². The van der Waals surface area contributed by atoms with E-state index in [1.165, 1.54) is 20.0 Å². The molecule has 2 aromatic rings. The Kier molecular flexibility index (Phi) is 5.03. The van der Waals surface area contributed by atoms with Crippen molar-refractivity contribution in [2.45, 2.75) is 52.6 Å². The minimum atomic E-state index is -0.308. The third-order valence-corrected chi connectivity index (χ3v) is 5.43. The molecule has 1 aliphatic carbocycles. The van der Waals surface area contributed by atoms with Gasteiger partial charge in [-0.15, -0.1) is 0 Å². The molecule has 2 aromatic carbocycles. The van der Waals surface area contributed by atoms with Gasteiger partial charge in [0.1, 0.15) is 5.75 Å². The van der Waals surface area contributed by atoms with Gasteiger partial charge in [-0.1, -0.05) is 32.9 Å². The van der Waals surface area contributed by atoms with E-state index in [2.05, 4.69) is 26.8 Å². The first kappa shape index (κ1) is 17.8. The summed E-state index contributed by atoms with van der Waals surface area (Å²) in [6, 6.07) is 11.7. The standard InChI is InChI=1S/C22H28O3/c1-22(2,3)18-8-11-19(12-9-18)25-20-10-7-15-13-17(21(23)24-4)6-5-16(15)14-20/h5-7,10,13-14,18-19H,8-9,11-12H2,1-4H3/t18-,19-. The summed E-state index contributed by atoms with van der Waals surface area (Å²) in [5.41, 5.74) is 0.967. The molecule has 1 saturated carbocycles. The van der Waals surface area contributed by atoms with E-state index in [0.717, 1.165) is 35.3 Å². The van der Waals surface area contributed by atoms with E-state index in [4.69, 9.17) is 9.47 Å². The van der Waals surface area contributed by atoms with E-state index in [1.54, 1.807) is 6.07 Å². The molecule has 0 atom stereocenters. The van der Waals surface area contributed by atoms with Crippen molar-refractivity contribution >= 4 is 16.7 Å². The number of methoxy groups -OCH3 is 1. The largest absolute Gasteiger partial charge is 0.490 e. The summed E-state index contributed by atoms with van der Waals surface area (Å²) >= 11 is 0. The first-order valence-corrected chi connectivity index (χ1v) is 9.15. The first-order chi connectivity index (χ1) is 11.9. The molecule has 1 fully saturated rings. The van der Waals surface area contributed by atoms with Crippen LogP contribution in [0.5, 0.6) is 5.75 Å². The number of ether oxygens (including phenoxy) is 2. The molecule has 1 aliphatic rings. The molecule has 0 aliphatic heterocycles. The summed E-state index contributed by atoms with van der Waals surface area (Å²) in [5.74, 6) is 1.40. The summed E-state index contributed by atoms with van der Waals surface area (Å²) in [7, 11) is 1.40. The Balaban J connectivity index is 1.68. The number of hydrogen-bond acceptors (Lipinski definition) is 3. The van der Waals surface area contributed by atoms with Crippen molar-refractivity contribution in [2.24, 2.45) is 11.3 Å². The molecule has 0 unspecified atom stereocenters. The lowest BCUT2D eigenvalue weighted by atomic mass is 9.72. The molecular formula is C22H28O3. The molecule has 0 bridgehead atoms. The van der Waals surface area contributed by atoms with Crippen LogP contribution in [0, 0.1) is 11.3 Å². The Bertz CT molecular complexity index is 749. The highest BCUT2D eigenvalue weighted by Gasteiger charge is 2.30. The van der Waals surface area contributed by atoms with Crippen LogP contribution in [0.3, 0.4) is 0 Å². The van der Waals surface area contributed by atoms with Crippen molar-refractivity contribution in [1.29, 1.82) is 0 Å². The van der Waals surface area contributed by atoms with E-state index in [9.17, 15) is 4.79 Å². The fraction of sp³-hybridized carbons (Fsp3) is 0.500. The van der Waals surface area contributed by atoms with Crippen molar-refractivity contribution < 1.29 is 14.3 Å². The summed E-state index contributed by atoms with van der Waals surface area (Å²) in [4.78, 5) is 11.6. The first-order valence-electron chi connectivity index (χ1n) is 9.15. The fourth-order valence-corrected chi connectivity index (χ4v) is 3.78. The topological polar surface area (TPSA) is 35.5 Å². The van der Waals surface area contributed by atoms with Crippen molar-refractivity contribution in [3.05, 3.63) is 42.0 Å². The van der Waals surface area contributed by atoms with Gasteiger partial charge >= 0.3 is 5.97 Å². The number of benzene rings is 2. The lowest BCUT2D eigenvalue weighted by molar-refractivity contribution is 0.0601. The summed E-state index contributed by atoms with van der Waals surface area (Å²) in [6.07, 6.45) is 5.04. The van der Waals surface area contributed by atoms with Crippen LogP contribution in [0.1, 0.15) is 56.8 Å². The molecule has 134 valence electrons. The van der Waals surface area contributed by atoms with E-state index >= 15 is 0 Å². The Morgan fingerprint density at radius 1 is 0.960 bits per heavy atom. The highest BCUT2D eigenvalue weighted by molar-refractivity contribution is 5.95. The summed E-state index contributed by atoms with van der Waals surface area (Å²) < 4.78 is 11.0. The van der Waals surface area contributed by atoms with E-state index < -0.39 is 0 Å². The minimum absolute atomic E-state index is 0.308. The van der Waals surface area contributed by atoms with Gasteiger partial charge in [0.25, 0.3) is 0 Å². The zero-order valence-corrected chi connectivity index (χ0v) is 15.7. The van der Waals surface area contributed by atoms with Crippen molar-refractivity contribution in [1.82, 2.24) is 0 Å². The van der Waals surface area contributed by atoms with E-state index in [-0.39, 0.29) is 5.97 Å². The third-order valence-electron chi connectivity index (χ3n) is 5.43. The maximum absolute atomic E-state index is 11.6. The maximum Gasteiger partial charge on any atom is 0.337 e. The molecule has 0 spiro atoms.